The van der Waals surface area contributed by atoms with Crippen LogP contribution in [-0.2, 0) is 6.42 Å². The molecule has 0 saturated carbocycles. The van der Waals surface area contributed by atoms with Crippen molar-refractivity contribution in [3.63, 3.8) is 0 Å². The molecule has 0 radical (unpaired) electrons. The lowest BCUT2D eigenvalue weighted by atomic mass is 9.88. The zero-order valence-electron chi connectivity index (χ0n) is 22.1. The maximum Gasteiger partial charge on any atom is 0.170 e. The number of Topliss-reactive ketones (excluding diaryl/α,β-unsaturated/α-hetero) is 1. The smallest absolute Gasteiger partial charge is 0.170 e. The van der Waals surface area contributed by atoms with Crippen LogP contribution in [0.3, 0.4) is 0 Å². The van der Waals surface area contributed by atoms with Crippen LogP contribution in [0.2, 0.25) is 0 Å². The Morgan fingerprint density at radius 3 is 2.38 bits per heavy atom. The zero-order valence-corrected chi connectivity index (χ0v) is 22.1. The molecule has 0 aliphatic carbocycles. The largest absolute Gasteiger partial charge is 0.508 e. The summed E-state index contributed by atoms with van der Waals surface area (Å²) in [5.41, 5.74) is 2.17. The molecule has 0 spiro atoms. The molecule has 202 valence electrons. The maximum atomic E-state index is 13.5. The molecule has 1 atom stereocenters. The number of ketones is 1. The van der Waals surface area contributed by atoms with Gasteiger partial charge in [0.05, 0.1) is 17.5 Å². The van der Waals surface area contributed by atoms with Crippen molar-refractivity contribution >= 4 is 11.9 Å². The highest BCUT2D eigenvalue weighted by Gasteiger charge is 2.37. The van der Waals surface area contributed by atoms with E-state index in [-0.39, 0.29) is 46.1 Å². The molecule has 0 unspecified atom stereocenters. The molecule has 0 amide bonds. The van der Waals surface area contributed by atoms with E-state index in [2.05, 4.69) is 0 Å². The van der Waals surface area contributed by atoms with Crippen LogP contribution in [0.1, 0.15) is 67.3 Å². The molecule has 3 aromatic carbocycles. The fourth-order valence-corrected chi connectivity index (χ4v) is 4.94. The normalized spacial score (nSPS) is 17.0. The standard InChI is InChI=1S/C31H30O8/c1-15(2)5-7-19-29-16(9-10-31(3,4)39-29)11-21-23(34)14-25(38-30(19)21)26-27(36)20(13-24(35)28(26)37)18-8-6-17(32)12-22(18)33/h5-6,8-13,25,32-33,35-37H,7,14H2,1-4H3/t25-/m0/s1. The second-order valence-corrected chi connectivity index (χ2v) is 10.7. The van der Waals surface area contributed by atoms with E-state index in [1.807, 2.05) is 45.9 Å². The molecule has 0 bridgehead atoms. The van der Waals surface area contributed by atoms with Gasteiger partial charge in [0.1, 0.15) is 40.5 Å². The number of aromatic hydroxyl groups is 5. The highest BCUT2D eigenvalue weighted by Crippen LogP contribution is 2.53. The average molecular weight is 531 g/mol. The molecule has 39 heavy (non-hydrogen) atoms. The lowest BCUT2D eigenvalue weighted by molar-refractivity contribution is 0.0838. The van der Waals surface area contributed by atoms with E-state index < -0.39 is 29.0 Å². The number of allylic oxidation sites excluding steroid dienone is 2. The monoisotopic (exact) mass is 530 g/mol. The number of fused-ring (bicyclic) bond motifs is 2. The van der Waals surface area contributed by atoms with Gasteiger partial charge in [-0.05, 0) is 64.5 Å². The van der Waals surface area contributed by atoms with Crippen LogP contribution in [0.25, 0.3) is 17.2 Å². The Hall–Kier alpha value is -4.59. The molecule has 5 N–H and O–H groups in total. The van der Waals surface area contributed by atoms with Crippen molar-refractivity contribution in [3.05, 3.63) is 70.3 Å². The van der Waals surface area contributed by atoms with Gasteiger partial charge in [0.25, 0.3) is 0 Å². The highest BCUT2D eigenvalue weighted by atomic mass is 16.5. The van der Waals surface area contributed by atoms with Gasteiger partial charge in [-0.25, -0.2) is 0 Å². The van der Waals surface area contributed by atoms with Crippen molar-refractivity contribution in [1.82, 2.24) is 0 Å². The Bertz CT molecular complexity index is 1570. The SMILES string of the molecule is CC(C)=CCc1c2c(cc3c1O[C@H](c1c(O)c(O)cc(-c4ccc(O)cc4O)c1O)CC3=O)C=CC(C)(C)O2. The van der Waals surface area contributed by atoms with Crippen molar-refractivity contribution in [3.8, 4) is 51.4 Å². The number of hydrogen-bond donors (Lipinski definition) is 5. The van der Waals surface area contributed by atoms with Gasteiger partial charge in [0.15, 0.2) is 17.3 Å². The minimum atomic E-state index is -1.15. The molecule has 5 rings (SSSR count). The molecule has 2 aliphatic rings. The molecule has 8 nitrogen and oxygen atoms in total. The summed E-state index contributed by atoms with van der Waals surface area (Å²) >= 11 is 0. The number of carbonyl (C=O) groups excluding carboxylic acids is 1. The quantitative estimate of drug-likeness (QED) is 0.151. The van der Waals surface area contributed by atoms with Gasteiger partial charge in [-0.15, -0.1) is 0 Å². The first-order valence-corrected chi connectivity index (χ1v) is 12.6. The third kappa shape index (κ3) is 4.63. The number of phenolic OH excluding ortho intramolecular Hbond substituents is 5. The molecule has 2 heterocycles. The first-order valence-electron chi connectivity index (χ1n) is 12.6. The summed E-state index contributed by atoms with van der Waals surface area (Å²) in [7, 11) is 0. The zero-order chi connectivity index (χ0) is 28.2. The van der Waals surface area contributed by atoms with E-state index in [1.54, 1.807) is 6.07 Å². The van der Waals surface area contributed by atoms with Crippen LogP contribution in [0.5, 0.6) is 40.2 Å². The molecule has 0 aromatic heterocycles. The number of carbonyl (C=O) groups is 1. The minimum absolute atomic E-state index is 0.00919. The predicted molar refractivity (Wildman–Crippen MR) is 146 cm³/mol. The van der Waals surface area contributed by atoms with E-state index in [1.165, 1.54) is 12.1 Å². The lowest BCUT2D eigenvalue weighted by Crippen LogP contribution is -2.29. The van der Waals surface area contributed by atoms with Crippen LogP contribution in [0, 0.1) is 0 Å². The van der Waals surface area contributed by atoms with Crippen LogP contribution in [-0.4, -0.2) is 36.9 Å². The van der Waals surface area contributed by atoms with E-state index in [9.17, 15) is 30.3 Å². The lowest BCUT2D eigenvalue weighted by Gasteiger charge is -2.34. The van der Waals surface area contributed by atoms with Crippen molar-refractivity contribution in [2.24, 2.45) is 0 Å². The summed E-state index contributed by atoms with van der Waals surface area (Å²) in [5, 5.41) is 52.7. The van der Waals surface area contributed by atoms with Gasteiger partial charge in [0.2, 0.25) is 0 Å². The molecular formula is C31H30O8. The molecule has 0 fully saturated rings. The van der Waals surface area contributed by atoms with Crippen LogP contribution in [0.15, 0.2) is 48.1 Å². The molecular weight excluding hydrogens is 500 g/mol. The molecule has 8 heteroatoms. The van der Waals surface area contributed by atoms with E-state index in [4.69, 9.17) is 9.47 Å². The average Bonchev–Trinajstić information content (AvgIpc) is 2.84. The predicted octanol–water partition coefficient (Wildman–Crippen LogP) is 6.28. The van der Waals surface area contributed by atoms with E-state index in [0.29, 0.717) is 23.3 Å². The van der Waals surface area contributed by atoms with E-state index in [0.717, 1.165) is 23.3 Å². The maximum absolute atomic E-state index is 13.5. The summed E-state index contributed by atoms with van der Waals surface area (Å²) in [4.78, 5) is 13.5. The summed E-state index contributed by atoms with van der Waals surface area (Å²) in [6.45, 7) is 7.78. The van der Waals surface area contributed by atoms with Crippen molar-refractivity contribution in [2.75, 3.05) is 0 Å². The first kappa shape index (κ1) is 26.0. The number of ether oxygens (including phenoxy) is 2. The van der Waals surface area contributed by atoms with Crippen molar-refractivity contribution < 1.29 is 39.8 Å². The van der Waals surface area contributed by atoms with Crippen molar-refractivity contribution in [1.29, 1.82) is 0 Å². The van der Waals surface area contributed by atoms with E-state index >= 15 is 0 Å². The number of rotatable bonds is 4. The summed E-state index contributed by atoms with van der Waals surface area (Å²) in [6.07, 6.45) is 4.90. The van der Waals surface area contributed by atoms with Gasteiger partial charge in [-0.3, -0.25) is 4.79 Å². The number of benzene rings is 3. The topological polar surface area (TPSA) is 137 Å². The van der Waals surface area contributed by atoms with Gasteiger partial charge in [-0.2, -0.15) is 0 Å². The van der Waals surface area contributed by atoms with Crippen LogP contribution in [0.4, 0.5) is 0 Å². The molecule has 3 aromatic rings. The van der Waals surface area contributed by atoms with Crippen LogP contribution < -0.4 is 9.47 Å². The summed E-state index contributed by atoms with van der Waals surface area (Å²) in [6, 6.07) is 6.58. The summed E-state index contributed by atoms with van der Waals surface area (Å²) in [5.74, 6) is -1.62. The second kappa shape index (κ2) is 9.31. The Labute approximate surface area is 225 Å². The van der Waals surface area contributed by atoms with Gasteiger partial charge in [-0.1, -0.05) is 17.7 Å². The third-order valence-electron chi connectivity index (χ3n) is 6.91. The fourth-order valence-electron chi connectivity index (χ4n) is 4.94. The Balaban J connectivity index is 1.68. The first-order chi connectivity index (χ1) is 18.4. The third-order valence-corrected chi connectivity index (χ3v) is 6.91. The molecule has 0 saturated heterocycles. The summed E-state index contributed by atoms with van der Waals surface area (Å²) < 4.78 is 12.7. The minimum Gasteiger partial charge on any atom is -0.508 e. The van der Waals surface area contributed by atoms with Crippen molar-refractivity contribution in [2.45, 2.75) is 52.2 Å². The van der Waals surface area contributed by atoms with Gasteiger partial charge in [0, 0.05) is 28.3 Å². The Kier molecular flexibility index (Phi) is 6.21. The number of phenols is 5. The second-order valence-electron chi connectivity index (χ2n) is 10.7. The Morgan fingerprint density at radius 2 is 1.69 bits per heavy atom. The van der Waals surface area contributed by atoms with Crippen LogP contribution >= 0.6 is 0 Å². The molecule has 2 aliphatic heterocycles. The fraction of sp³-hybridized carbons (Fsp3) is 0.258. The van der Waals surface area contributed by atoms with Gasteiger partial charge >= 0.3 is 0 Å². The highest BCUT2D eigenvalue weighted by molar-refractivity contribution is 6.02. The number of hydrogen-bond acceptors (Lipinski definition) is 8. The Morgan fingerprint density at radius 1 is 0.949 bits per heavy atom. The van der Waals surface area contributed by atoms with Gasteiger partial charge < -0.3 is 35.0 Å².